The third kappa shape index (κ3) is 4.45. The molecule has 27 heavy (non-hydrogen) atoms. The van der Waals surface area contributed by atoms with Crippen molar-refractivity contribution in [1.29, 1.82) is 0 Å². The second-order valence-corrected chi connectivity index (χ2v) is 8.22. The monoisotopic (exact) mass is 398 g/mol. The minimum Gasteiger partial charge on any atom is -0.481 e. The van der Waals surface area contributed by atoms with Crippen molar-refractivity contribution in [2.24, 2.45) is 11.1 Å². The molecule has 0 spiro atoms. The molecule has 2 aliphatic heterocycles. The molecule has 1 fully saturated rings. The standard InChI is InChI=1S/C10H12N6O3S.C5H10O2/c1-4-12-14-15(13-4)2-5-3-20-9-6(11)8(17)16(9)7(5)10(18)19;1-5(2,3)4(6)7/h6,9H,2-3,11H2,1H3,(H,18,19);1-3H3,(H,6,7)/t6-,9-;/m1./s1. The minimum atomic E-state index is -1.14. The van der Waals surface area contributed by atoms with Crippen molar-refractivity contribution in [2.45, 2.75) is 45.7 Å². The summed E-state index contributed by atoms with van der Waals surface area (Å²) in [7, 11) is 0. The molecule has 1 aromatic rings. The molecule has 0 unspecified atom stereocenters. The van der Waals surface area contributed by atoms with Gasteiger partial charge in [-0.2, -0.15) is 4.80 Å². The van der Waals surface area contributed by atoms with Crippen LogP contribution >= 0.6 is 11.8 Å². The number of nitrogens with two attached hydrogens (primary N) is 1. The quantitative estimate of drug-likeness (QED) is 0.574. The molecular weight excluding hydrogens is 376 g/mol. The fourth-order valence-electron chi connectivity index (χ4n) is 2.26. The third-order valence-corrected chi connectivity index (χ3v) is 5.18. The van der Waals surface area contributed by atoms with Crippen LogP contribution in [0.4, 0.5) is 0 Å². The number of carboxylic acids is 2. The summed E-state index contributed by atoms with van der Waals surface area (Å²) in [5.74, 6) is -1.27. The van der Waals surface area contributed by atoms with Crippen LogP contribution in [-0.4, -0.2) is 70.3 Å². The van der Waals surface area contributed by atoms with Gasteiger partial charge in [0.15, 0.2) is 5.82 Å². The van der Waals surface area contributed by atoms with E-state index in [-0.39, 0.29) is 23.5 Å². The number of carbonyl (C=O) groups is 3. The van der Waals surface area contributed by atoms with E-state index in [1.54, 1.807) is 27.7 Å². The number of fused-ring (bicyclic) bond motifs is 1. The first-order chi connectivity index (χ1) is 12.4. The van der Waals surface area contributed by atoms with Gasteiger partial charge in [0.2, 0.25) is 5.91 Å². The number of thioether (sulfide) groups is 1. The molecule has 1 amide bonds. The predicted octanol–water partition coefficient (Wildman–Crippen LogP) is -0.320. The van der Waals surface area contributed by atoms with Gasteiger partial charge < -0.3 is 15.9 Å². The van der Waals surface area contributed by atoms with Gasteiger partial charge >= 0.3 is 11.9 Å². The zero-order valence-electron chi connectivity index (χ0n) is 15.4. The molecule has 0 bridgehead atoms. The minimum absolute atomic E-state index is 0.00426. The number of aliphatic carboxylic acids is 2. The highest BCUT2D eigenvalue weighted by atomic mass is 32.2. The van der Waals surface area contributed by atoms with Crippen LogP contribution < -0.4 is 5.73 Å². The van der Waals surface area contributed by atoms with Gasteiger partial charge in [-0.25, -0.2) is 4.79 Å². The molecule has 11 nitrogen and oxygen atoms in total. The number of rotatable bonds is 3. The smallest absolute Gasteiger partial charge is 0.352 e. The van der Waals surface area contributed by atoms with Crippen molar-refractivity contribution >= 4 is 29.6 Å². The van der Waals surface area contributed by atoms with Crippen molar-refractivity contribution in [3.63, 3.8) is 0 Å². The molecule has 0 saturated carbocycles. The van der Waals surface area contributed by atoms with Crippen molar-refractivity contribution in [3.05, 3.63) is 17.1 Å². The van der Waals surface area contributed by atoms with Gasteiger partial charge in [0.1, 0.15) is 17.1 Å². The number of carboxylic acid groups (broad SMARTS) is 2. The lowest BCUT2D eigenvalue weighted by molar-refractivity contribution is -0.148. The SMILES string of the molecule is CC(C)(C)C(=O)O.Cc1nnn(CC2=C(C(=O)O)N3C(=O)[C@@H](N)[C@H]3SC2)n1. The van der Waals surface area contributed by atoms with Gasteiger partial charge in [0, 0.05) is 5.75 Å². The van der Waals surface area contributed by atoms with Gasteiger partial charge in [-0.05, 0) is 38.5 Å². The fourth-order valence-corrected chi connectivity index (χ4v) is 3.54. The highest BCUT2D eigenvalue weighted by Gasteiger charge is 2.51. The molecule has 12 heteroatoms. The van der Waals surface area contributed by atoms with Crippen LogP contribution in [0.2, 0.25) is 0 Å². The van der Waals surface area contributed by atoms with E-state index in [1.165, 1.54) is 21.5 Å². The van der Waals surface area contributed by atoms with E-state index in [9.17, 15) is 19.5 Å². The van der Waals surface area contributed by atoms with Crippen LogP contribution in [0.15, 0.2) is 11.3 Å². The van der Waals surface area contributed by atoms with E-state index < -0.39 is 23.4 Å². The summed E-state index contributed by atoms with van der Waals surface area (Å²) in [6, 6.07) is -0.623. The Balaban J connectivity index is 0.000000321. The molecule has 2 atom stereocenters. The van der Waals surface area contributed by atoms with Gasteiger partial charge in [-0.15, -0.1) is 22.0 Å². The van der Waals surface area contributed by atoms with Crippen LogP contribution in [0.3, 0.4) is 0 Å². The fraction of sp³-hybridized carbons (Fsp3) is 0.600. The molecule has 3 heterocycles. The topological polar surface area (TPSA) is 165 Å². The average Bonchev–Trinajstić information content (AvgIpc) is 2.98. The molecule has 2 aliphatic rings. The zero-order chi connectivity index (χ0) is 20.5. The first kappa shape index (κ1) is 20.8. The maximum atomic E-state index is 11.8. The molecular formula is C15H22N6O5S. The largest absolute Gasteiger partial charge is 0.481 e. The summed E-state index contributed by atoms with van der Waals surface area (Å²) in [5, 5.41) is 28.9. The lowest BCUT2D eigenvalue weighted by Crippen LogP contribution is -2.68. The Morgan fingerprint density at radius 1 is 1.33 bits per heavy atom. The Kier molecular flexibility index (Phi) is 5.90. The lowest BCUT2D eigenvalue weighted by Gasteiger charge is -2.47. The Bertz CT molecular complexity index is 799. The number of hydrogen-bond donors (Lipinski definition) is 3. The first-order valence-electron chi connectivity index (χ1n) is 8.07. The van der Waals surface area contributed by atoms with Gasteiger partial charge in [-0.1, -0.05) is 0 Å². The Morgan fingerprint density at radius 2 is 1.93 bits per heavy atom. The number of β-lactam (4-membered cyclic amide) rings is 1. The predicted molar refractivity (Wildman–Crippen MR) is 95.4 cm³/mol. The molecule has 0 aliphatic carbocycles. The normalized spacial score (nSPS) is 21.8. The summed E-state index contributed by atoms with van der Waals surface area (Å²) in [4.78, 5) is 35.8. The second-order valence-electron chi connectivity index (χ2n) is 7.12. The Labute approximate surface area is 159 Å². The number of tetrazole rings is 1. The maximum Gasteiger partial charge on any atom is 0.352 e. The first-order valence-corrected chi connectivity index (χ1v) is 9.11. The van der Waals surface area contributed by atoms with Gasteiger partial charge in [-0.3, -0.25) is 14.5 Å². The summed E-state index contributed by atoms with van der Waals surface area (Å²) in [5.41, 5.74) is 5.67. The van der Waals surface area contributed by atoms with Crippen LogP contribution in [0.5, 0.6) is 0 Å². The number of nitrogens with zero attached hydrogens (tertiary/aromatic N) is 5. The summed E-state index contributed by atoms with van der Waals surface area (Å²) in [6.45, 7) is 6.88. The van der Waals surface area contributed by atoms with Crippen LogP contribution in [0, 0.1) is 12.3 Å². The molecule has 0 radical (unpaired) electrons. The van der Waals surface area contributed by atoms with Crippen molar-refractivity contribution in [1.82, 2.24) is 25.1 Å². The van der Waals surface area contributed by atoms with Gasteiger partial charge in [0.25, 0.3) is 0 Å². The molecule has 1 saturated heterocycles. The number of carbonyl (C=O) groups excluding carboxylic acids is 1. The molecule has 4 N–H and O–H groups in total. The van der Waals surface area contributed by atoms with Crippen molar-refractivity contribution in [2.75, 3.05) is 5.75 Å². The van der Waals surface area contributed by atoms with Crippen molar-refractivity contribution < 1.29 is 24.6 Å². The van der Waals surface area contributed by atoms with E-state index in [1.807, 2.05) is 0 Å². The summed E-state index contributed by atoms with van der Waals surface area (Å²) >= 11 is 1.45. The summed E-state index contributed by atoms with van der Waals surface area (Å²) in [6.07, 6.45) is 0. The van der Waals surface area contributed by atoms with Crippen molar-refractivity contribution in [3.8, 4) is 0 Å². The lowest BCUT2D eigenvalue weighted by atomic mass is 9.98. The Hall–Kier alpha value is -2.47. The highest BCUT2D eigenvalue weighted by Crippen LogP contribution is 2.39. The zero-order valence-corrected chi connectivity index (χ0v) is 16.2. The van der Waals surface area contributed by atoms with E-state index in [4.69, 9.17) is 10.8 Å². The molecule has 148 valence electrons. The number of amides is 1. The average molecular weight is 398 g/mol. The summed E-state index contributed by atoms with van der Waals surface area (Å²) < 4.78 is 0. The van der Waals surface area contributed by atoms with E-state index >= 15 is 0 Å². The van der Waals surface area contributed by atoms with E-state index in [0.29, 0.717) is 17.2 Å². The number of aryl methyl sites for hydroxylation is 1. The van der Waals surface area contributed by atoms with E-state index in [0.717, 1.165) is 0 Å². The van der Waals surface area contributed by atoms with Crippen LogP contribution in [-0.2, 0) is 20.9 Å². The number of hydrogen-bond acceptors (Lipinski definition) is 8. The Morgan fingerprint density at radius 3 is 2.37 bits per heavy atom. The second kappa shape index (κ2) is 7.64. The van der Waals surface area contributed by atoms with E-state index in [2.05, 4.69) is 15.4 Å². The highest BCUT2D eigenvalue weighted by molar-refractivity contribution is 8.00. The molecule has 0 aromatic carbocycles. The van der Waals surface area contributed by atoms with Gasteiger partial charge in [0.05, 0.1) is 12.0 Å². The van der Waals surface area contributed by atoms with Crippen LogP contribution in [0.1, 0.15) is 26.6 Å². The number of aromatic nitrogens is 4. The molecule has 3 rings (SSSR count). The van der Waals surface area contributed by atoms with Crippen LogP contribution in [0.25, 0.3) is 0 Å². The maximum absolute atomic E-state index is 11.8. The molecule has 1 aromatic heterocycles. The third-order valence-electron chi connectivity index (χ3n) is 3.82.